The minimum atomic E-state index is -0.529. The number of nitrogens with zero attached hydrogens (tertiary/aromatic N) is 4. The molecule has 0 spiro atoms. The number of benzene rings is 1. The van der Waals surface area contributed by atoms with E-state index >= 15 is 0 Å². The van der Waals surface area contributed by atoms with Crippen LogP contribution in [-0.4, -0.2) is 43.3 Å². The fourth-order valence-electron chi connectivity index (χ4n) is 4.36. The summed E-state index contributed by atoms with van der Waals surface area (Å²) in [5.41, 5.74) is 0.0608. The van der Waals surface area contributed by atoms with Gasteiger partial charge in [0, 0.05) is 30.3 Å². The first kappa shape index (κ1) is 26.7. The minimum absolute atomic E-state index is 0.0129. The highest BCUT2D eigenvalue weighted by atomic mass is 32.2. The Morgan fingerprint density at radius 2 is 2.00 bits per heavy atom. The van der Waals surface area contributed by atoms with E-state index in [-0.39, 0.29) is 34.9 Å². The average Bonchev–Trinajstić information content (AvgIpc) is 3.24. The summed E-state index contributed by atoms with van der Waals surface area (Å²) in [5.74, 6) is 0.873. The summed E-state index contributed by atoms with van der Waals surface area (Å²) in [6.45, 7) is 8.63. The lowest BCUT2D eigenvalue weighted by Gasteiger charge is -2.29. The third-order valence-corrected chi connectivity index (χ3v) is 7.37. The first-order valence-corrected chi connectivity index (χ1v) is 13.1. The van der Waals surface area contributed by atoms with Crippen LogP contribution in [0.25, 0.3) is 0 Å². The van der Waals surface area contributed by atoms with E-state index in [1.807, 2.05) is 25.3 Å². The molecule has 0 aliphatic heterocycles. The second kappa shape index (κ2) is 12.1. The first-order valence-electron chi connectivity index (χ1n) is 12.1. The van der Waals surface area contributed by atoms with Gasteiger partial charge in [-0.2, -0.15) is 0 Å². The molecule has 190 valence electrons. The van der Waals surface area contributed by atoms with Crippen LogP contribution in [0.4, 0.5) is 5.69 Å². The Kier molecular flexibility index (Phi) is 9.25. The average molecular weight is 503 g/mol. The fourth-order valence-corrected chi connectivity index (χ4v) is 5.18. The van der Waals surface area contributed by atoms with E-state index in [1.165, 1.54) is 42.4 Å². The number of aromatic nitrogens is 3. The van der Waals surface area contributed by atoms with Gasteiger partial charge in [0.15, 0.2) is 11.0 Å². The molecule has 35 heavy (non-hydrogen) atoms. The van der Waals surface area contributed by atoms with Crippen molar-refractivity contribution in [2.24, 2.45) is 11.8 Å². The molecule has 0 saturated heterocycles. The van der Waals surface area contributed by atoms with Gasteiger partial charge in [-0.1, -0.05) is 51.4 Å². The molecule has 2 N–H and O–H groups in total. The summed E-state index contributed by atoms with van der Waals surface area (Å²) < 4.78 is 1.90. The molecule has 1 aliphatic carbocycles. The summed E-state index contributed by atoms with van der Waals surface area (Å²) in [5, 5.41) is 26.4. The molecule has 10 nitrogen and oxygen atoms in total. The van der Waals surface area contributed by atoms with Crippen LogP contribution in [0.15, 0.2) is 29.4 Å². The van der Waals surface area contributed by atoms with Crippen molar-refractivity contribution in [1.29, 1.82) is 0 Å². The van der Waals surface area contributed by atoms with E-state index in [9.17, 15) is 19.7 Å². The van der Waals surface area contributed by atoms with Gasteiger partial charge in [0.1, 0.15) is 0 Å². The summed E-state index contributed by atoms with van der Waals surface area (Å²) in [6.07, 6.45) is 4.53. The van der Waals surface area contributed by atoms with Gasteiger partial charge < -0.3 is 15.2 Å². The van der Waals surface area contributed by atoms with Crippen LogP contribution >= 0.6 is 11.8 Å². The Morgan fingerprint density at radius 1 is 1.26 bits per heavy atom. The summed E-state index contributed by atoms with van der Waals surface area (Å²) in [7, 11) is 0. The lowest BCUT2D eigenvalue weighted by molar-refractivity contribution is -0.384. The van der Waals surface area contributed by atoms with Gasteiger partial charge in [0.05, 0.1) is 16.7 Å². The van der Waals surface area contributed by atoms with Crippen LogP contribution < -0.4 is 10.6 Å². The Balaban J connectivity index is 1.70. The minimum Gasteiger partial charge on any atom is -0.352 e. The Morgan fingerprint density at radius 3 is 2.66 bits per heavy atom. The zero-order valence-electron chi connectivity index (χ0n) is 20.7. The second-order valence-corrected chi connectivity index (χ2v) is 10.3. The number of non-ortho nitro benzene ring substituents is 1. The lowest BCUT2D eigenvalue weighted by Crippen LogP contribution is -2.41. The molecule has 2 aromatic rings. The van der Waals surface area contributed by atoms with Gasteiger partial charge in [-0.15, -0.1) is 10.2 Å². The van der Waals surface area contributed by atoms with Gasteiger partial charge in [-0.3, -0.25) is 19.7 Å². The topological polar surface area (TPSA) is 132 Å². The van der Waals surface area contributed by atoms with E-state index in [0.717, 1.165) is 19.3 Å². The largest absolute Gasteiger partial charge is 0.352 e. The van der Waals surface area contributed by atoms with Crippen molar-refractivity contribution in [1.82, 2.24) is 25.4 Å². The Hall–Kier alpha value is -2.95. The van der Waals surface area contributed by atoms with E-state index in [4.69, 9.17) is 0 Å². The molecular formula is C24H34N6O4S. The molecule has 1 aromatic heterocycles. The standard InChI is InChI=1S/C24H34N6O4S/c1-5-29-22(21(15(2)3)26-23(32)17-10-8-11-18(13-17)30(33)34)27-28-24(29)35-14-20(31)25-19-12-7-6-9-16(19)4/h8,10-11,13,15-16,19,21H,5-7,9,12,14H2,1-4H3,(H,25,31)(H,26,32)/t16-,19-,21+/m1/s1. The molecule has 11 heteroatoms. The predicted octanol–water partition coefficient (Wildman–Crippen LogP) is 4.12. The molecule has 0 radical (unpaired) electrons. The number of nitrogens with one attached hydrogen (secondary N) is 2. The quantitative estimate of drug-likeness (QED) is 0.284. The lowest BCUT2D eigenvalue weighted by atomic mass is 9.86. The van der Waals surface area contributed by atoms with Crippen molar-refractivity contribution in [2.45, 2.75) is 77.2 Å². The van der Waals surface area contributed by atoms with E-state index in [2.05, 4.69) is 27.8 Å². The van der Waals surface area contributed by atoms with Crippen molar-refractivity contribution in [3.05, 3.63) is 45.8 Å². The van der Waals surface area contributed by atoms with Gasteiger partial charge in [-0.25, -0.2) is 0 Å². The van der Waals surface area contributed by atoms with E-state index < -0.39 is 16.9 Å². The molecule has 1 aliphatic rings. The SMILES string of the molecule is CCn1c(SCC(=O)N[C@@H]2CCCC[C@H]2C)nnc1[C@@H](NC(=O)c1cccc([N+](=O)[O-])c1)C(C)C. The van der Waals surface area contributed by atoms with Crippen molar-refractivity contribution < 1.29 is 14.5 Å². The highest BCUT2D eigenvalue weighted by molar-refractivity contribution is 7.99. The van der Waals surface area contributed by atoms with Crippen molar-refractivity contribution in [3.63, 3.8) is 0 Å². The van der Waals surface area contributed by atoms with Crippen molar-refractivity contribution in [3.8, 4) is 0 Å². The summed E-state index contributed by atoms with van der Waals surface area (Å²) >= 11 is 1.33. The zero-order chi connectivity index (χ0) is 25.5. The number of nitro groups is 1. The summed E-state index contributed by atoms with van der Waals surface area (Å²) in [4.78, 5) is 36.0. The van der Waals surface area contributed by atoms with Crippen LogP contribution in [0.5, 0.6) is 0 Å². The van der Waals surface area contributed by atoms with Crippen LogP contribution in [0, 0.1) is 22.0 Å². The molecule has 1 saturated carbocycles. The van der Waals surface area contributed by atoms with Crippen LogP contribution in [0.2, 0.25) is 0 Å². The zero-order valence-corrected chi connectivity index (χ0v) is 21.5. The van der Waals surface area contributed by atoms with Crippen LogP contribution in [0.3, 0.4) is 0 Å². The molecule has 2 amide bonds. The molecule has 1 heterocycles. The summed E-state index contributed by atoms with van der Waals surface area (Å²) in [6, 6.07) is 5.40. The number of carbonyl (C=O) groups excluding carboxylic acids is 2. The molecular weight excluding hydrogens is 468 g/mol. The maximum absolute atomic E-state index is 12.9. The normalized spacial score (nSPS) is 18.8. The number of carbonyl (C=O) groups is 2. The molecule has 0 unspecified atom stereocenters. The number of thioether (sulfide) groups is 1. The first-order chi connectivity index (χ1) is 16.7. The molecule has 3 atom stereocenters. The van der Waals surface area contributed by atoms with Gasteiger partial charge in [0.25, 0.3) is 11.6 Å². The Labute approximate surface area is 209 Å². The maximum atomic E-state index is 12.9. The van der Waals surface area contributed by atoms with E-state index in [1.54, 1.807) is 0 Å². The van der Waals surface area contributed by atoms with Gasteiger partial charge in [-0.05, 0) is 37.7 Å². The predicted molar refractivity (Wildman–Crippen MR) is 134 cm³/mol. The van der Waals surface area contributed by atoms with Crippen LogP contribution in [-0.2, 0) is 11.3 Å². The van der Waals surface area contributed by atoms with Crippen LogP contribution in [0.1, 0.15) is 75.6 Å². The molecule has 1 fully saturated rings. The number of hydrogen-bond donors (Lipinski definition) is 2. The van der Waals surface area contributed by atoms with E-state index in [0.29, 0.717) is 23.4 Å². The third kappa shape index (κ3) is 6.81. The number of rotatable bonds is 10. The third-order valence-electron chi connectivity index (χ3n) is 6.40. The molecule has 3 rings (SSSR count). The number of hydrogen-bond acceptors (Lipinski definition) is 7. The number of amides is 2. The smallest absolute Gasteiger partial charge is 0.270 e. The monoisotopic (exact) mass is 502 g/mol. The highest BCUT2D eigenvalue weighted by Gasteiger charge is 2.27. The number of nitro benzene ring substituents is 1. The molecule has 1 aromatic carbocycles. The highest BCUT2D eigenvalue weighted by Crippen LogP contribution is 2.27. The van der Waals surface area contributed by atoms with Gasteiger partial charge in [0.2, 0.25) is 5.91 Å². The maximum Gasteiger partial charge on any atom is 0.270 e. The molecule has 0 bridgehead atoms. The van der Waals surface area contributed by atoms with Crippen molar-refractivity contribution >= 4 is 29.3 Å². The Bertz CT molecular complexity index is 1060. The second-order valence-electron chi connectivity index (χ2n) is 9.31. The van der Waals surface area contributed by atoms with Crippen molar-refractivity contribution in [2.75, 3.05) is 5.75 Å². The fraction of sp³-hybridized carbons (Fsp3) is 0.583. The van der Waals surface area contributed by atoms with Gasteiger partial charge >= 0.3 is 0 Å².